The van der Waals surface area contributed by atoms with Gasteiger partial charge in [-0.25, -0.2) is 4.39 Å². The van der Waals surface area contributed by atoms with Crippen LogP contribution in [0.5, 0.6) is 5.75 Å². The fraction of sp³-hybridized carbons (Fsp3) is 0.333. The summed E-state index contributed by atoms with van der Waals surface area (Å²) in [7, 11) is 0. The first-order valence-electron chi connectivity index (χ1n) is 4.02. The van der Waals surface area contributed by atoms with Crippen LogP contribution in [0.15, 0.2) is 17.0 Å². The fourth-order valence-electron chi connectivity index (χ4n) is 1.44. The lowest BCUT2D eigenvalue weighted by Crippen LogP contribution is -2.15. The third-order valence-corrected chi connectivity index (χ3v) is 2.45. The van der Waals surface area contributed by atoms with E-state index in [0.29, 0.717) is 23.7 Å². The highest BCUT2D eigenvalue weighted by atomic mass is 32.1. The maximum absolute atomic E-state index is 13.2. The lowest BCUT2D eigenvalue weighted by Gasteiger charge is -2.23. The summed E-state index contributed by atoms with van der Waals surface area (Å²) >= 11 is 4.12. The molecule has 0 spiro atoms. The average Bonchev–Trinajstić information content (AvgIpc) is 2.12. The second-order valence-electron chi connectivity index (χ2n) is 2.96. The van der Waals surface area contributed by atoms with Gasteiger partial charge in [-0.2, -0.15) is 0 Å². The van der Waals surface area contributed by atoms with Crippen molar-refractivity contribution in [3.63, 3.8) is 0 Å². The zero-order valence-electron chi connectivity index (χ0n) is 6.83. The van der Waals surface area contributed by atoms with Crippen molar-refractivity contribution in [3.8, 4) is 5.75 Å². The van der Waals surface area contributed by atoms with Crippen molar-refractivity contribution in [3.05, 3.63) is 23.5 Å². The number of benzene rings is 1. The Kier molecular flexibility index (Phi) is 2.17. The maximum atomic E-state index is 13.2. The molecule has 0 aromatic heterocycles. The van der Waals surface area contributed by atoms with Crippen LogP contribution in [0.2, 0.25) is 0 Å². The van der Waals surface area contributed by atoms with Gasteiger partial charge >= 0.3 is 0 Å². The molecule has 1 unspecified atom stereocenters. The van der Waals surface area contributed by atoms with Crippen molar-refractivity contribution in [2.24, 2.45) is 0 Å². The molecular formula is C9H9FO2S. The third kappa shape index (κ3) is 1.40. The van der Waals surface area contributed by atoms with Crippen LogP contribution in [0.1, 0.15) is 18.1 Å². The Hall–Kier alpha value is -0.740. The van der Waals surface area contributed by atoms with Crippen LogP contribution in [0.4, 0.5) is 4.39 Å². The minimum Gasteiger partial charge on any atom is -0.492 e. The molecule has 0 fully saturated rings. The summed E-state index contributed by atoms with van der Waals surface area (Å²) in [5, 5.41) is 9.51. The van der Waals surface area contributed by atoms with Crippen molar-refractivity contribution in [2.75, 3.05) is 6.61 Å². The van der Waals surface area contributed by atoms with Gasteiger partial charge in [-0.15, -0.1) is 12.6 Å². The Labute approximate surface area is 80.7 Å². The SMILES string of the molecule is OC1CCOc2c(S)ccc(F)c21. The molecule has 1 aromatic carbocycles. The normalized spacial score (nSPS) is 20.7. The van der Waals surface area contributed by atoms with Crippen molar-refractivity contribution in [1.29, 1.82) is 0 Å². The van der Waals surface area contributed by atoms with E-state index in [-0.39, 0.29) is 5.56 Å². The zero-order chi connectivity index (χ0) is 9.42. The Morgan fingerprint density at radius 2 is 2.31 bits per heavy atom. The molecule has 2 nitrogen and oxygen atoms in total. The first-order chi connectivity index (χ1) is 6.20. The molecule has 1 N–H and O–H groups in total. The number of ether oxygens (including phenoxy) is 1. The maximum Gasteiger partial charge on any atom is 0.141 e. The van der Waals surface area contributed by atoms with Gasteiger partial charge in [0.2, 0.25) is 0 Å². The van der Waals surface area contributed by atoms with Crippen LogP contribution in [0.25, 0.3) is 0 Å². The first-order valence-corrected chi connectivity index (χ1v) is 4.47. The predicted molar refractivity (Wildman–Crippen MR) is 48.7 cm³/mol. The van der Waals surface area contributed by atoms with E-state index in [1.54, 1.807) is 0 Å². The number of thiol groups is 1. The highest BCUT2D eigenvalue weighted by Gasteiger charge is 2.24. The molecule has 2 rings (SSSR count). The van der Waals surface area contributed by atoms with Crippen LogP contribution < -0.4 is 4.74 Å². The number of hydrogen-bond acceptors (Lipinski definition) is 3. The van der Waals surface area contributed by atoms with Gasteiger partial charge < -0.3 is 9.84 Å². The van der Waals surface area contributed by atoms with E-state index in [0.717, 1.165) is 0 Å². The first kappa shape index (κ1) is 8.84. The lowest BCUT2D eigenvalue weighted by atomic mass is 10.0. The van der Waals surface area contributed by atoms with Crippen molar-refractivity contribution < 1.29 is 14.2 Å². The minimum atomic E-state index is -0.768. The van der Waals surface area contributed by atoms with Gasteiger partial charge in [-0.1, -0.05) is 0 Å². The standard InChI is InChI=1S/C9H9FO2S/c10-5-1-2-7(13)9-8(5)6(11)3-4-12-9/h1-2,6,11,13H,3-4H2. The summed E-state index contributed by atoms with van der Waals surface area (Å²) in [5.41, 5.74) is 0.235. The number of fused-ring (bicyclic) bond motifs is 1. The summed E-state index contributed by atoms with van der Waals surface area (Å²) < 4.78 is 18.5. The fourth-order valence-corrected chi connectivity index (χ4v) is 1.70. The highest BCUT2D eigenvalue weighted by molar-refractivity contribution is 7.80. The molecule has 1 aliphatic heterocycles. The molecule has 4 heteroatoms. The van der Waals surface area contributed by atoms with E-state index in [1.165, 1.54) is 12.1 Å². The average molecular weight is 200 g/mol. The Balaban J connectivity index is 2.60. The molecule has 0 saturated heterocycles. The minimum absolute atomic E-state index is 0.235. The Bertz CT molecular complexity index is 341. The summed E-state index contributed by atoms with van der Waals surface area (Å²) in [5.74, 6) is -0.0536. The summed E-state index contributed by atoms with van der Waals surface area (Å²) in [6.45, 7) is 0.408. The third-order valence-electron chi connectivity index (χ3n) is 2.09. The van der Waals surface area contributed by atoms with Crippen LogP contribution in [0, 0.1) is 5.82 Å². The predicted octanol–water partition coefficient (Wildman–Crippen LogP) is 1.93. The molecule has 70 valence electrons. The van der Waals surface area contributed by atoms with E-state index < -0.39 is 11.9 Å². The van der Waals surface area contributed by atoms with Crippen molar-refractivity contribution >= 4 is 12.6 Å². The summed E-state index contributed by atoms with van der Waals surface area (Å²) in [6, 6.07) is 2.81. The van der Waals surface area contributed by atoms with E-state index in [1.807, 2.05) is 0 Å². The summed E-state index contributed by atoms with van der Waals surface area (Å²) in [6.07, 6.45) is -0.336. The van der Waals surface area contributed by atoms with E-state index in [9.17, 15) is 9.50 Å². The molecule has 1 heterocycles. The van der Waals surface area contributed by atoms with Crippen LogP contribution >= 0.6 is 12.6 Å². The van der Waals surface area contributed by atoms with Gasteiger partial charge in [0.25, 0.3) is 0 Å². The second-order valence-corrected chi connectivity index (χ2v) is 3.44. The molecular weight excluding hydrogens is 191 g/mol. The van der Waals surface area contributed by atoms with Crippen molar-refractivity contribution in [1.82, 2.24) is 0 Å². The smallest absolute Gasteiger partial charge is 0.141 e. The lowest BCUT2D eigenvalue weighted by molar-refractivity contribution is 0.109. The van der Waals surface area contributed by atoms with Gasteiger partial charge in [-0.05, 0) is 12.1 Å². The topological polar surface area (TPSA) is 29.5 Å². The quantitative estimate of drug-likeness (QED) is 0.627. The second kappa shape index (κ2) is 3.20. The van der Waals surface area contributed by atoms with E-state index in [4.69, 9.17) is 4.74 Å². The van der Waals surface area contributed by atoms with Gasteiger partial charge in [0.15, 0.2) is 0 Å². The molecule has 1 atom stereocenters. The van der Waals surface area contributed by atoms with E-state index in [2.05, 4.69) is 12.6 Å². The Morgan fingerprint density at radius 1 is 1.54 bits per heavy atom. The number of hydrogen-bond donors (Lipinski definition) is 2. The zero-order valence-corrected chi connectivity index (χ0v) is 7.72. The molecule has 0 bridgehead atoms. The monoisotopic (exact) mass is 200 g/mol. The van der Waals surface area contributed by atoms with Gasteiger partial charge in [0, 0.05) is 11.3 Å². The molecule has 0 radical (unpaired) electrons. The van der Waals surface area contributed by atoms with Gasteiger partial charge in [-0.3, -0.25) is 0 Å². The number of aliphatic hydroxyl groups excluding tert-OH is 1. The Morgan fingerprint density at radius 3 is 3.00 bits per heavy atom. The molecule has 1 aliphatic rings. The molecule has 1 aromatic rings. The van der Waals surface area contributed by atoms with Crippen molar-refractivity contribution in [2.45, 2.75) is 17.4 Å². The molecule has 0 saturated carbocycles. The highest BCUT2D eigenvalue weighted by Crippen LogP contribution is 2.38. The van der Waals surface area contributed by atoms with Crippen LogP contribution in [0.3, 0.4) is 0 Å². The number of rotatable bonds is 0. The van der Waals surface area contributed by atoms with Crippen LogP contribution in [-0.2, 0) is 0 Å². The largest absolute Gasteiger partial charge is 0.492 e. The van der Waals surface area contributed by atoms with Gasteiger partial charge in [0.05, 0.1) is 18.3 Å². The molecule has 13 heavy (non-hydrogen) atoms. The summed E-state index contributed by atoms with van der Waals surface area (Å²) in [4.78, 5) is 0.565. The van der Waals surface area contributed by atoms with E-state index >= 15 is 0 Å². The number of aliphatic hydroxyl groups is 1. The number of halogens is 1. The van der Waals surface area contributed by atoms with Gasteiger partial charge in [0.1, 0.15) is 11.6 Å². The molecule has 0 amide bonds. The molecule has 0 aliphatic carbocycles. The van der Waals surface area contributed by atoms with Crippen LogP contribution in [-0.4, -0.2) is 11.7 Å².